The predicted molar refractivity (Wildman–Crippen MR) is 82.9 cm³/mol. The maximum absolute atomic E-state index is 12.1. The number of thiophene rings is 1. The van der Waals surface area contributed by atoms with Crippen molar-refractivity contribution in [2.75, 3.05) is 13.4 Å². The smallest absolute Gasteiger partial charge is 0.345 e. The molecule has 124 valence electrons. The van der Waals surface area contributed by atoms with Gasteiger partial charge in [-0.1, -0.05) is 0 Å². The number of hydrogen-bond acceptors (Lipinski definition) is 8. The number of esters is 1. The number of nitrogens with zero attached hydrogens (tertiary/aromatic N) is 1. The molecule has 1 aromatic heterocycles. The van der Waals surface area contributed by atoms with Gasteiger partial charge in [0.2, 0.25) is 12.6 Å². The number of hydrogen-bond donors (Lipinski definition) is 0. The summed E-state index contributed by atoms with van der Waals surface area (Å²) in [4.78, 5) is 35.9. The van der Waals surface area contributed by atoms with Gasteiger partial charge in [-0.15, -0.1) is 11.3 Å². The molecule has 0 fully saturated rings. The first-order valence-corrected chi connectivity index (χ1v) is 7.62. The molecule has 2 heterocycles. The highest BCUT2D eigenvalue weighted by atomic mass is 32.1. The molecule has 0 spiro atoms. The van der Waals surface area contributed by atoms with Crippen LogP contribution in [0.3, 0.4) is 0 Å². The van der Waals surface area contributed by atoms with E-state index in [4.69, 9.17) is 14.2 Å². The maximum Gasteiger partial charge on any atom is 0.345 e. The highest BCUT2D eigenvalue weighted by Gasteiger charge is 2.28. The summed E-state index contributed by atoms with van der Waals surface area (Å²) in [5, 5.41) is 11.1. The number of benzene rings is 1. The van der Waals surface area contributed by atoms with Crippen molar-refractivity contribution in [3.63, 3.8) is 0 Å². The molecule has 2 aromatic rings. The van der Waals surface area contributed by atoms with Crippen LogP contribution in [0.5, 0.6) is 11.5 Å². The zero-order valence-electron chi connectivity index (χ0n) is 12.4. The van der Waals surface area contributed by atoms with Gasteiger partial charge in [0.25, 0.3) is 5.69 Å². The van der Waals surface area contributed by atoms with Gasteiger partial charge in [-0.3, -0.25) is 14.9 Å². The number of carbonyl (C=O) groups excluding carboxylic acids is 2. The van der Waals surface area contributed by atoms with Gasteiger partial charge in [0.05, 0.1) is 15.9 Å². The number of ketones is 1. The zero-order valence-corrected chi connectivity index (χ0v) is 13.3. The Labute approximate surface area is 139 Å². The number of ether oxygens (including phenoxy) is 3. The van der Waals surface area contributed by atoms with Crippen LogP contribution in [0.1, 0.15) is 24.9 Å². The Morgan fingerprint density at radius 2 is 2.00 bits per heavy atom. The summed E-state index contributed by atoms with van der Waals surface area (Å²) in [6.45, 7) is 1.27. The van der Waals surface area contributed by atoms with Crippen LogP contribution in [0, 0.1) is 17.0 Å². The van der Waals surface area contributed by atoms with E-state index in [-0.39, 0.29) is 29.6 Å². The first-order chi connectivity index (χ1) is 11.5. The second-order valence-corrected chi connectivity index (χ2v) is 6.18. The molecule has 8 nitrogen and oxygen atoms in total. The van der Waals surface area contributed by atoms with Crippen molar-refractivity contribution in [2.45, 2.75) is 6.92 Å². The van der Waals surface area contributed by atoms with Gasteiger partial charge in [0, 0.05) is 10.9 Å². The minimum Gasteiger partial charge on any atom is -0.454 e. The summed E-state index contributed by atoms with van der Waals surface area (Å²) in [6, 6.07) is 5.70. The highest BCUT2D eigenvalue weighted by Crippen LogP contribution is 2.38. The van der Waals surface area contributed by atoms with Gasteiger partial charge in [-0.05, 0) is 19.1 Å². The van der Waals surface area contributed by atoms with Gasteiger partial charge < -0.3 is 14.2 Å². The average Bonchev–Trinajstić information content (AvgIpc) is 3.18. The lowest BCUT2D eigenvalue weighted by molar-refractivity contribution is -0.385. The summed E-state index contributed by atoms with van der Waals surface area (Å²) in [5.74, 6) is -0.942. The highest BCUT2D eigenvalue weighted by molar-refractivity contribution is 7.14. The molecule has 1 aromatic carbocycles. The fourth-order valence-electron chi connectivity index (χ4n) is 2.11. The lowest BCUT2D eigenvalue weighted by Crippen LogP contribution is -2.14. The fourth-order valence-corrected chi connectivity index (χ4v) is 2.90. The topological polar surface area (TPSA) is 105 Å². The number of Topliss-reactive ketones (excluding diaryl/α,β-unsaturated/α-hetero) is 1. The van der Waals surface area contributed by atoms with Gasteiger partial charge in [-0.2, -0.15) is 0 Å². The Bertz CT molecular complexity index is 842. The van der Waals surface area contributed by atoms with E-state index >= 15 is 0 Å². The predicted octanol–water partition coefficient (Wildman–Crippen LogP) is 2.73. The van der Waals surface area contributed by atoms with Crippen molar-refractivity contribution in [1.29, 1.82) is 0 Å². The Hall–Kier alpha value is -2.94. The third-order valence-corrected chi connectivity index (χ3v) is 4.30. The van der Waals surface area contributed by atoms with Crippen LogP contribution in [0.4, 0.5) is 5.69 Å². The second-order valence-electron chi connectivity index (χ2n) is 4.89. The Morgan fingerprint density at radius 1 is 1.29 bits per heavy atom. The van der Waals surface area contributed by atoms with Crippen molar-refractivity contribution < 1.29 is 28.7 Å². The summed E-state index contributed by atoms with van der Waals surface area (Å²) < 4.78 is 15.1. The van der Waals surface area contributed by atoms with Crippen LogP contribution in [0.2, 0.25) is 0 Å². The third-order valence-electron chi connectivity index (χ3n) is 3.26. The normalized spacial score (nSPS) is 12.0. The van der Waals surface area contributed by atoms with Crippen molar-refractivity contribution in [1.82, 2.24) is 0 Å². The van der Waals surface area contributed by atoms with Crippen molar-refractivity contribution in [3.05, 3.63) is 49.7 Å². The molecule has 1 aliphatic rings. The largest absolute Gasteiger partial charge is 0.454 e. The molecule has 0 unspecified atom stereocenters. The van der Waals surface area contributed by atoms with Gasteiger partial charge in [0.1, 0.15) is 5.56 Å². The third kappa shape index (κ3) is 3.06. The average molecular weight is 349 g/mol. The van der Waals surface area contributed by atoms with E-state index in [1.165, 1.54) is 17.4 Å². The Kier molecular flexibility index (Phi) is 4.17. The molecule has 9 heteroatoms. The quantitative estimate of drug-likeness (QED) is 0.354. The molecular formula is C15H11NO7S. The molecule has 3 rings (SSSR count). The molecule has 0 saturated heterocycles. The van der Waals surface area contributed by atoms with E-state index in [0.29, 0.717) is 4.88 Å². The first-order valence-electron chi connectivity index (χ1n) is 6.80. The second kappa shape index (κ2) is 6.28. The van der Waals surface area contributed by atoms with Gasteiger partial charge >= 0.3 is 5.97 Å². The van der Waals surface area contributed by atoms with Crippen molar-refractivity contribution in [2.24, 2.45) is 0 Å². The maximum atomic E-state index is 12.1. The standard InChI is InChI=1S/C15H11NO7S/c1-8-2-3-14(24-8)11(17)6-21-15(18)9-4-12-13(23-7-22-12)5-10(9)16(19)20/h2-5H,6-7H2,1H3. The molecule has 0 radical (unpaired) electrons. The molecule has 0 amide bonds. The zero-order chi connectivity index (χ0) is 17.3. The molecule has 24 heavy (non-hydrogen) atoms. The van der Waals surface area contributed by atoms with Crippen molar-refractivity contribution >= 4 is 28.8 Å². The van der Waals surface area contributed by atoms with Crippen LogP contribution in [0.25, 0.3) is 0 Å². The van der Waals surface area contributed by atoms with Gasteiger partial charge in [-0.25, -0.2) is 4.79 Å². The molecule has 0 bridgehead atoms. The number of nitro groups is 1. The SMILES string of the molecule is Cc1ccc(C(=O)COC(=O)c2cc3c(cc2[N+](=O)[O-])OCO3)s1. The van der Waals surface area contributed by atoms with E-state index in [1.54, 1.807) is 12.1 Å². The minimum atomic E-state index is -0.971. The lowest BCUT2D eigenvalue weighted by atomic mass is 10.1. The molecule has 0 saturated carbocycles. The molecule has 1 aliphatic heterocycles. The fraction of sp³-hybridized carbons (Fsp3) is 0.200. The van der Waals surface area contributed by atoms with Crippen LogP contribution in [0.15, 0.2) is 24.3 Å². The molecule has 0 aliphatic carbocycles. The summed E-state index contributed by atoms with van der Waals surface area (Å²) in [5.41, 5.74) is -0.761. The molecule has 0 atom stereocenters. The van der Waals surface area contributed by atoms with E-state index in [0.717, 1.165) is 10.9 Å². The number of nitro benzene ring substituents is 1. The summed E-state index contributed by atoms with van der Waals surface area (Å²) in [6.07, 6.45) is 0. The van der Waals surface area contributed by atoms with E-state index < -0.39 is 23.2 Å². The van der Waals surface area contributed by atoms with Gasteiger partial charge in [0.15, 0.2) is 18.1 Å². The van der Waals surface area contributed by atoms with Crippen LogP contribution < -0.4 is 9.47 Å². The molecular weight excluding hydrogens is 338 g/mol. The molecule has 0 N–H and O–H groups in total. The van der Waals surface area contributed by atoms with Crippen LogP contribution >= 0.6 is 11.3 Å². The summed E-state index contributed by atoms with van der Waals surface area (Å²) >= 11 is 1.28. The lowest BCUT2D eigenvalue weighted by Gasteiger charge is -2.05. The Balaban J connectivity index is 1.77. The van der Waals surface area contributed by atoms with Crippen LogP contribution in [-0.2, 0) is 4.74 Å². The van der Waals surface area contributed by atoms with E-state index in [2.05, 4.69) is 0 Å². The van der Waals surface area contributed by atoms with Crippen LogP contribution in [-0.4, -0.2) is 30.1 Å². The number of carbonyl (C=O) groups is 2. The minimum absolute atomic E-state index is 0.0821. The van der Waals surface area contributed by atoms with Crippen molar-refractivity contribution in [3.8, 4) is 11.5 Å². The van der Waals surface area contributed by atoms with E-state index in [9.17, 15) is 19.7 Å². The number of fused-ring (bicyclic) bond motifs is 1. The summed E-state index contributed by atoms with van der Waals surface area (Å²) in [7, 11) is 0. The number of aryl methyl sites for hydroxylation is 1. The number of rotatable bonds is 5. The first kappa shape index (κ1) is 15.9. The monoisotopic (exact) mass is 349 g/mol. The Morgan fingerprint density at radius 3 is 2.62 bits per heavy atom. The van der Waals surface area contributed by atoms with E-state index in [1.807, 2.05) is 6.92 Å².